The number of phenolic OH excluding ortho intramolecular Hbond substituents is 1. The van der Waals surface area contributed by atoms with Gasteiger partial charge in [0.25, 0.3) is 0 Å². The van der Waals surface area contributed by atoms with E-state index in [1.165, 1.54) is 7.11 Å². The first-order chi connectivity index (χ1) is 10.7. The number of aromatic hydroxyl groups is 1. The number of methoxy groups -OCH3 is 1. The van der Waals surface area contributed by atoms with E-state index in [-0.39, 0.29) is 17.1 Å². The summed E-state index contributed by atoms with van der Waals surface area (Å²) in [6, 6.07) is 3.68. The third-order valence-corrected chi connectivity index (χ3v) is 3.95. The van der Waals surface area contributed by atoms with E-state index < -0.39 is 0 Å². The first-order valence-corrected chi connectivity index (χ1v) is 7.21. The van der Waals surface area contributed by atoms with Crippen LogP contribution in [0.15, 0.2) is 24.5 Å². The molecule has 1 saturated heterocycles. The number of hydrogen-bond donors (Lipinski definition) is 1. The molecule has 1 aliphatic rings. The molecule has 0 radical (unpaired) electrons. The van der Waals surface area contributed by atoms with Gasteiger partial charge in [-0.15, -0.1) is 0 Å². The molecule has 0 atom stereocenters. The van der Waals surface area contributed by atoms with E-state index >= 15 is 0 Å². The lowest BCUT2D eigenvalue weighted by Gasteiger charge is -2.22. The van der Waals surface area contributed by atoms with Crippen LogP contribution in [-0.4, -0.2) is 41.5 Å². The molecule has 1 fully saturated rings. The van der Waals surface area contributed by atoms with E-state index in [0.29, 0.717) is 12.3 Å². The SMILES string of the molecule is COc1cc(-c2cnn(C3CCOCC3)c2)cc(C=O)c1O. The minimum absolute atomic E-state index is 0.141. The predicted molar refractivity (Wildman–Crippen MR) is 80.4 cm³/mol. The van der Waals surface area contributed by atoms with Crippen molar-refractivity contribution in [3.8, 4) is 22.6 Å². The van der Waals surface area contributed by atoms with Gasteiger partial charge in [0.15, 0.2) is 17.8 Å². The molecular formula is C16H18N2O4. The second kappa shape index (κ2) is 6.19. The maximum atomic E-state index is 11.1. The Balaban J connectivity index is 1.94. The molecule has 6 nitrogen and oxygen atoms in total. The molecule has 116 valence electrons. The zero-order valence-electron chi connectivity index (χ0n) is 12.4. The number of hydrogen-bond acceptors (Lipinski definition) is 5. The second-order valence-corrected chi connectivity index (χ2v) is 5.29. The molecule has 1 aromatic carbocycles. The summed E-state index contributed by atoms with van der Waals surface area (Å²) in [5.41, 5.74) is 1.87. The van der Waals surface area contributed by atoms with Crippen molar-refractivity contribution in [2.45, 2.75) is 18.9 Å². The van der Waals surface area contributed by atoms with E-state index in [0.717, 1.165) is 37.2 Å². The molecule has 0 spiro atoms. The van der Waals surface area contributed by atoms with Gasteiger partial charge in [0, 0.05) is 25.0 Å². The molecule has 0 amide bonds. The molecule has 0 aliphatic carbocycles. The quantitative estimate of drug-likeness (QED) is 0.878. The lowest BCUT2D eigenvalue weighted by molar-refractivity contribution is 0.0662. The van der Waals surface area contributed by atoms with Crippen molar-refractivity contribution in [2.75, 3.05) is 20.3 Å². The molecule has 6 heteroatoms. The maximum Gasteiger partial charge on any atom is 0.168 e. The van der Waals surface area contributed by atoms with Gasteiger partial charge in [0.05, 0.1) is 24.9 Å². The molecule has 1 N–H and O–H groups in total. The Morgan fingerprint density at radius 3 is 2.82 bits per heavy atom. The van der Waals surface area contributed by atoms with Gasteiger partial charge in [0.2, 0.25) is 0 Å². The molecule has 0 saturated carbocycles. The highest BCUT2D eigenvalue weighted by molar-refractivity contribution is 5.84. The molecule has 0 unspecified atom stereocenters. The summed E-state index contributed by atoms with van der Waals surface area (Å²) in [5, 5.41) is 14.3. The van der Waals surface area contributed by atoms with E-state index in [1.54, 1.807) is 18.3 Å². The molecule has 0 bridgehead atoms. The number of rotatable bonds is 4. The number of carbonyl (C=O) groups is 1. The normalized spacial score (nSPS) is 15.7. The molecule has 2 aromatic rings. The van der Waals surface area contributed by atoms with Gasteiger partial charge < -0.3 is 14.6 Å². The Bertz CT molecular complexity index is 675. The van der Waals surface area contributed by atoms with Crippen LogP contribution in [0.3, 0.4) is 0 Å². The predicted octanol–water partition coefficient (Wildman–Crippen LogP) is 2.43. The van der Waals surface area contributed by atoms with Gasteiger partial charge in [-0.25, -0.2) is 0 Å². The summed E-state index contributed by atoms with van der Waals surface area (Å²) in [6.45, 7) is 1.50. The minimum atomic E-state index is -0.141. The van der Waals surface area contributed by atoms with Gasteiger partial charge in [-0.3, -0.25) is 9.48 Å². The van der Waals surface area contributed by atoms with Crippen molar-refractivity contribution in [2.24, 2.45) is 0 Å². The highest BCUT2D eigenvalue weighted by atomic mass is 16.5. The van der Waals surface area contributed by atoms with Crippen molar-refractivity contribution >= 4 is 6.29 Å². The van der Waals surface area contributed by atoms with Crippen LogP contribution in [-0.2, 0) is 4.74 Å². The summed E-state index contributed by atoms with van der Waals surface area (Å²) in [4.78, 5) is 11.1. The highest BCUT2D eigenvalue weighted by Gasteiger charge is 2.18. The minimum Gasteiger partial charge on any atom is -0.504 e. The van der Waals surface area contributed by atoms with Crippen LogP contribution < -0.4 is 4.74 Å². The maximum absolute atomic E-state index is 11.1. The molecule has 2 heterocycles. The Morgan fingerprint density at radius 2 is 2.14 bits per heavy atom. The van der Waals surface area contributed by atoms with Crippen molar-refractivity contribution in [1.29, 1.82) is 0 Å². The molecule has 1 aromatic heterocycles. The van der Waals surface area contributed by atoms with Gasteiger partial charge >= 0.3 is 0 Å². The first-order valence-electron chi connectivity index (χ1n) is 7.21. The number of benzene rings is 1. The molecule has 22 heavy (non-hydrogen) atoms. The lowest BCUT2D eigenvalue weighted by atomic mass is 10.0. The molecular weight excluding hydrogens is 284 g/mol. The van der Waals surface area contributed by atoms with Crippen LogP contribution in [0.1, 0.15) is 29.2 Å². The Morgan fingerprint density at radius 1 is 1.36 bits per heavy atom. The van der Waals surface area contributed by atoms with Crippen molar-refractivity contribution < 1.29 is 19.4 Å². The number of aldehydes is 1. The fourth-order valence-electron chi connectivity index (χ4n) is 2.68. The standard InChI is InChI=1S/C16H18N2O4/c1-21-15-7-11(6-12(10-19)16(15)20)13-8-17-18(9-13)14-2-4-22-5-3-14/h6-10,14,20H,2-5H2,1H3. The Kier molecular flexibility index (Phi) is 4.11. The largest absolute Gasteiger partial charge is 0.504 e. The zero-order valence-corrected chi connectivity index (χ0v) is 12.4. The number of ether oxygens (including phenoxy) is 2. The fraction of sp³-hybridized carbons (Fsp3) is 0.375. The van der Waals surface area contributed by atoms with Crippen LogP contribution in [0, 0.1) is 0 Å². The topological polar surface area (TPSA) is 73.6 Å². The third kappa shape index (κ3) is 2.69. The van der Waals surface area contributed by atoms with E-state index in [9.17, 15) is 9.90 Å². The van der Waals surface area contributed by atoms with E-state index in [4.69, 9.17) is 9.47 Å². The first kappa shape index (κ1) is 14.6. The Hall–Kier alpha value is -2.34. The van der Waals surface area contributed by atoms with Crippen molar-refractivity contribution in [3.63, 3.8) is 0 Å². The van der Waals surface area contributed by atoms with Crippen LogP contribution in [0.25, 0.3) is 11.1 Å². The average Bonchev–Trinajstić information content (AvgIpc) is 3.06. The summed E-state index contributed by atoms with van der Waals surface area (Å²) in [6.07, 6.45) is 6.22. The summed E-state index contributed by atoms with van der Waals surface area (Å²) < 4.78 is 12.4. The zero-order chi connectivity index (χ0) is 15.5. The summed E-state index contributed by atoms with van der Waals surface area (Å²) in [7, 11) is 1.46. The average molecular weight is 302 g/mol. The third-order valence-electron chi connectivity index (χ3n) is 3.95. The number of phenols is 1. The van der Waals surface area contributed by atoms with E-state index in [1.807, 2.05) is 10.9 Å². The highest BCUT2D eigenvalue weighted by Crippen LogP contribution is 2.35. The van der Waals surface area contributed by atoms with E-state index in [2.05, 4.69) is 5.10 Å². The number of nitrogens with zero attached hydrogens (tertiary/aromatic N) is 2. The van der Waals surface area contributed by atoms with Gasteiger partial charge in [-0.1, -0.05) is 0 Å². The van der Waals surface area contributed by atoms with Gasteiger partial charge in [-0.05, 0) is 30.5 Å². The van der Waals surface area contributed by atoms with Crippen molar-refractivity contribution in [3.05, 3.63) is 30.1 Å². The molecule has 1 aliphatic heterocycles. The summed E-state index contributed by atoms with van der Waals surface area (Å²) in [5.74, 6) is 0.136. The number of carbonyl (C=O) groups excluding carboxylic acids is 1. The second-order valence-electron chi connectivity index (χ2n) is 5.29. The van der Waals surface area contributed by atoms with Crippen molar-refractivity contribution in [1.82, 2.24) is 9.78 Å². The smallest absolute Gasteiger partial charge is 0.168 e. The monoisotopic (exact) mass is 302 g/mol. The van der Waals surface area contributed by atoms with Crippen LogP contribution in [0.4, 0.5) is 0 Å². The molecule has 3 rings (SSSR count). The lowest BCUT2D eigenvalue weighted by Crippen LogP contribution is -2.19. The summed E-state index contributed by atoms with van der Waals surface area (Å²) >= 11 is 0. The van der Waals surface area contributed by atoms with Crippen LogP contribution >= 0.6 is 0 Å². The van der Waals surface area contributed by atoms with Crippen LogP contribution in [0.5, 0.6) is 11.5 Å². The Labute approximate surface area is 128 Å². The van der Waals surface area contributed by atoms with Gasteiger partial charge in [-0.2, -0.15) is 5.10 Å². The van der Waals surface area contributed by atoms with Gasteiger partial charge in [0.1, 0.15) is 0 Å². The fourth-order valence-corrected chi connectivity index (χ4v) is 2.68. The van der Waals surface area contributed by atoms with Crippen LogP contribution in [0.2, 0.25) is 0 Å². The number of aromatic nitrogens is 2.